The van der Waals surface area contributed by atoms with E-state index in [4.69, 9.17) is 0 Å². The molecule has 0 saturated heterocycles. The number of rotatable bonds is 3. The molecule has 0 aliphatic heterocycles. The van der Waals surface area contributed by atoms with Gasteiger partial charge in [-0.2, -0.15) is 0 Å². The third kappa shape index (κ3) is 3.00. The van der Waals surface area contributed by atoms with Gasteiger partial charge in [0.2, 0.25) is 0 Å². The summed E-state index contributed by atoms with van der Waals surface area (Å²) in [5.41, 5.74) is 0. The summed E-state index contributed by atoms with van der Waals surface area (Å²) in [5.74, 6) is 2.07. The lowest BCUT2D eigenvalue weighted by Crippen LogP contribution is -2.08. The molecule has 0 atom stereocenters. The lowest BCUT2D eigenvalue weighted by Gasteiger charge is -2.22. The molecule has 2 saturated carbocycles. The quantitative estimate of drug-likeness (QED) is 0.604. The Balaban J connectivity index is 1.60. The van der Waals surface area contributed by atoms with Gasteiger partial charge in [0, 0.05) is 0 Å². The lowest BCUT2D eigenvalue weighted by atomic mass is 9.84. The number of hydrogen-bond donors (Lipinski definition) is 0. The second-order valence-electron chi connectivity index (χ2n) is 5.02. The van der Waals surface area contributed by atoms with Gasteiger partial charge < -0.3 is 0 Å². The summed E-state index contributed by atoms with van der Waals surface area (Å²) in [4.78, 5) is 0. The molecule has 75 valence electrons. The Hall–Kier alpha value is 0. The van der Waals surface area contributed by atoms with Gasteiger partial charge in [-0.25, -0.2) is 0 Å². The van der Waals surface area contributed by atoms with E-state index in [1.807, 2.05) is 0 Å². The van der Waals surface area contributed by atoms with Gasteiger partial charge in [0.05, 0.1) is 0 Å². The molecule has 0 aromatic heterocycles. The Morgan fingerprint density at radius 1 is 0.769 bits per heavy atom. The Bertz CT molecular complexity index is 127. The first kappa shape index (κ1) is 9.55. The third-order valence-electron chi connectivity index (χ3n) is 3.93. The molecule has 0 aromatic carbocycles. The van der Waals surface area contributed by atoms with E-state index in [2.05, 4.69) is 6.42 Å². The molecule has 0 bridgehead atoms. The van der Waals surface area contributed by atoms with Crippen LogP contribution in [-0.4, -0.2) is 0 Å². The molecule has 1 radical (unpaired) electrons. The third-order valence-corrected chi connectivity index (χ3v) is 3.93. The van der Waals surface area contributed by atoms with Gasteiger partial charge in [0.25, 0.3) is 0 Å². The van der Waals surface area contributed by atoms with Crippen LogP contribution < -0.4 is 0 Å². The maximum absolute atomic E-state index is 2.66. The molecule has 0 unspecified atom stereocenters. The average Bonchev–Trinajstić information content (AvgIpc) is 2.69. The van der Waals surface area contributed by atoms with Gasteiger partial charge >= 0.3 is 0 Å². The van der Waals surface area contributed by atoms with Gasteiger partial charge in [-0.15, -0.1) is 0 Å². The smallest absolute Gasteiger partial charge is 0.0352 e. The molecule has 2 fully saturated rings. The van der Waals surface area contributed by atoms with Gasteiger partial charge in [-0.05, 0) is 24.7 Å². The summed E-state index contributed by atoms with van der Waals surface area (Å²) in [7, 11) is 0. The molecular weight excluding hydrogens is 156 g/mol. The maximum Gasteiger partial charge on any atom is -0.0352 e. The van der Waals surface area contributed by atoms with E-state index in [0.29, 0.717) is 0 Å². The van der Waals surface area contributed by atoms with Crippen molar-refractivity contribution in [1.82, 2.24) is 0 Å². The standard InChI is InChI=1S/C13H23/c1-2-6-12(7-3-1)10-11-13-8-4-5-9-13/h10,12-13H,1-9,11H2. The molecule has 2 rings (SSSR count). The fourth-order valence-corrected chi connectivity index (χ4v) is 3.00. The van der Waals surface area contributed by atoms with Crippen LogP contribution in [0.15, 0.2) is 0 Å². The van der Waals surface area contributed by atoms with Crippen molar-refractivity contribution in [2.24, 2.45) is 11.8 Å². The van der Waals surface area contributed by atoms with E-state index in [1.165, 1.54) is 64.2 Å². The van der Waals surface area contributed by atoms with Crippen LogP contribution in [0, 0.1) is 18.3 Å². The van der Waals surface area contributed by atoms with Crippen molar-refractivity contribution in [2.45, 2.75) is 64.2 Å². The summed E-state index contributed by atoms with van der Waals surface area (Å²) in [6.07, 6.45) is 17.6. The molecule has 0 spiro atoms. The van der Waals surface area contributed by atoms with Crippen LogP contribution in [-0.2, 0) is 0 Å². The topological polar surface area (TPSA) is 0 Å². The predicted molar refractivity (Wildman–Crippen MR) is 57.5 cm³/mol. The van der Waals surface area contributed by atoms with Crippen LogP contribution in [0.3, 0.4) is 0 Å². The zero-order valence-electron chi connectivity index (χ0n) is 8.80. The zero-order valence-corrected chi connectivity index (χ0v) is 8.80. The van der Waals surface area contributed by atoms with E-state index in [-0.39, 0.29) is 0 Å². The molecular formula is C13H23. The molecule has 0 aromatic rings. The summed E-state index contributed by atoms with van der Waals surface area (Å²) in [5, 5.41) is 0. The van der Waals surface area contributed by atoms with Crippen LogP contribution in [0.4, 0.5) is 0 Å². The van der Waals surface area contributed by atoms with Crippen LogP contribution in [0.2, 0.25) is 0 Å². The highest BCUT2D eigenvalue weighted by Gasteiger charge is 2.18. The Labute approximate surface area is 83.1 Å². The second-order valence-corrected chi connectivity index (χ2v) is 5.02. The van der Waals surface area contributed by atoms with Gasteiger partial charge in [0.15, 0.2) is 0 Å². The fraction of sp³-hybridized carbons (Fsp3) is 0.923. The van der Waals surface area contributed by atoms with Crippen molar-refractivity contribution in [3.63, 3.8) is 0 Å². The largest absolute Gasteiger partial charge is 0.0533 e. The van der Waals surface area contributed by atoms with Crippen molar-refractivity contribution in [2.75, 3.05) is 0 Å². The normalized spacial score (nSPS) is 26.8. The van der Waals surface area contributed by atoms with E-state index in [0.717, 1.165) is 11.8 Å². The highest BCUT2D eigenvalue weighted by molar-refractivity contribution is 4.83. The minimum absolute atomic E-state index is 0.995. The zero-order chi connectivity index (χ0) is 8.93. The van der Waals surface area contributed by atoms with E-state index < -0.39 is 0 Å². The summed E-state index contributed by atoms with van der Waals surface area (Å²) < 4.78 is 0. The Kier molecular flexibility index (Phi) is 3.69. The van der Waals surface area contributed by atoms with E-state index in [1.54, 1.807) is 0 Å². The minimum Gasteiger partial charge on any atom is -0.0533 e. The maximum atomic E-state index is 2.66. The van der Waals surface area contributed by atoms with Crippen molar-refractivity contribution >= 4 is 0 Å². The van der Waals surface area contributed by atoms with Crippen LogP contribution >= 0.6 is 0 Å². The summed E-state index contributed by atoms with van der Waals surface area (Å²) >= 11 is 0. The first-order valence-electron chi connectivity index (χ1n) is 6.28. The predicted octanol–water partition coefficient (Wildman–Crippen LogP) is 4.35. The molecule has 0 nitrogen and oxygen atoms in total. The van der Waals surface area contributed by atoms with Crippen LogP contribution in [0.25, 0.3) is 0 Å². The first-order chi connectivity index (χ1) is 6.45. The molecule has 0 heterocycles. The van der Waals surface area contributed by atoms with Crippen LogP contribution in [0.5, 0.6) is 0 Å². The van der Waals surface area contributed by atoms with E-state index >= 15 is 0 Å². The van der Waals surface area contributed by atoms with Crippen molar-refractivity contribution < 1.29 is 0 Å². The minimum atomic E-state index is 0.995. The molecule has 0 heteroatoms. The molecule has 0 N–H and O–H groups in total. The lowest BCUT2D eigenvalue weighted by molar-refractivity contribution is 0.373. The first-order valence-corrected chi connectivity index (χ1v) is 6.28. The second kappa shape index (κ2) is 5.02. The molecule has 2 aliphatic rings. The van der Waals surface area contributed by atoms with Crippen molar-refractivity contribution in [3.8, 4) is 0 Å². The fourth-order valence-electron chi connectivity index (χ4n) is 3.00. The molecule has 0 amide bonds. The monoisotopic (exact) mass is 179 g/mol. The molecule has 2 aliphatic carbocycles. The molecule has 13 heavy (non-hydrogen) atoms. The van der Waals surface area contributed by atoms with Crippen molar-refractivity contribution in [1.29, 1.82) is 0 Å². The Morgan fingerprint density at radius 2 is 1.38 bits per heavy atom. The van der Waals surface area contributed by atoms with Gasteiger partial charge in [0.1, 0.15) is 0 Å². The highest BCUT2D eigenvalue weighted by Crippen LogP contribution is 2.33. The summed E-state index contributed by atoms with van der Waals surface area (Å²) in [6.45, 7) is 0. The Morgan fingerprint density at radius 3 is 2.08 bits per heavy atom. The number of hydrogen-bond acceptors (Lipinski definition) is 0. The highest BCUT2D eigenvalue weighted by atomic mass is 14.2. The van der Waals surface area contributed by atoms with Crippen LogP contribution in [0.1, 0.15) is 64.2 Å². The average molecular weight is 179 g/mol. The van der Waals surface area contributed by atoms with Gasteiger partial charge in [-0.1, -0.05) is 57.8 Å². The SMILES string of the molecule is [CH](CC1CCCC1)C1CCCCC1. The van der Waals surface area contributed by atoms with Crippen molar-refractivity contribution in [3.05, 3.63) is 6.42 Å². The van der Waals surface area contributed by atoms with E-state index in [9.17, 15) is 0 Å². The van der Waals surface area contributed by atoms with Gasteiger partial charge in [-0.3, -0.25) is 0 Å². The summed E-state index contributed by atoms with van der Waals surface area (Å²) in [6, 6.07) is 0.